The van der Waals surface area contributed by atoms with Crippen LogP contribution in [0.4, 0.5) is 5.69 Å². The summed E-state index contributed by atoms with van der Waals surface area (Å²) >= 11 is 1.58. The van der Waals surface area contributed by atoms with E-state index in [1.165, 1.54) is 24.6 Å². The van der Waals surface area contributed by atoms with Gasteiger partial charge in [-0.3, -0.25) is 4.72 Å². The third-order valence-corrected chi connectivity index (χ3v) is 7.65. The number of carbonyl (C=O) groups is 1. The number of rotatable bonds is 5. The first kappa shape index (κ1) is 21.0. The van der Waals surface area contributed by atoms with Crippen LogP contribution in [-0.4, -0.2) is 24.5 Å². The first-order chi connectivity index (χ1) is 14.7. The molecule has 8 heteroatoms. The van der Waals surface area contributed by atoms with E-state index in [0.717, 1.165) is 20.8 Å². The predicted molar refractivity (Wildman–Crippen MR) is 123 cm³/mol. The van der Waals surface area contributed by atoms with Crippen molar-refractivity contribution in [1.82, 2.24) is 4.98 Å². The maximum absolute atomic E-state index is 12.9. The number of hydrogen-bond donors (Lipinski definition) is 2. The molecule has 4 aromatic rings. The van der Waals surface area contributed by atoms with Gasteiger partial charge in [0.15, 0.2) is 0 Å². The highest BCUT2D eigenvalue weighted by molar-refractivity contribution is 7.92. The fourth-order valence-electron chi connectivity index (χ4n) is 3.49. The number of sulfonamides is 1. The van der Waals surface area contributed by atoms with E-state index < -0.39 is 16.0 Å². The van der Waals surface area contributed by atoms with Gasteiger partial charge in [0.25, 0.3) is 10.0 Å². The van der Waals surface area contributed by atoms with Gasteiger partial charge in [-0.25, -0.2) is 18.2 Å². The molecule has 2 N–H and O–H groups in total. The zero-order valence-corrected chi connectivity index (χ0v) is 18.8. The molecule has 158 valence electrons. The molecule has 0 atom stereocenters. The first-order valence-corrected chi connectivity index (χ1v) is 11.8. The Morgan fingerprint density at radius 3 is 2.39 bits per heavy atom. The van der Waals surface area contributed by atoms with Crippen LogP contribution in [0.5, 0.6) is 0 Å². The molecule has 0 saturated carbocycles. The van der Waals surface area contributed by atoms with Crippen LogP contribution in [0.15, 0.2) is 59.5 Å². The van der Waals surface area contributed by atoms with E-state index in [4.69, 9.17) is 0 Å². The zero-order valence-electron chi connectivity index (χ0n) is 17.1. The van der Waals surface area contributed by atoms with E-state index in [9.17, 15) is 18.3 Å². The number of carboxylic acid groups (broad SMARTS) is 1. The summed E-state index contributed by atoms with van der Waals surface area (Å²) in [6, 6.07) is 16.0. The summed E-state index contributed by atoms with van der Waals surface area (Å²) in [5.41, 5.74) is 4.11. The van der Waals surface area contributed by atoms with Crippen LogP contribution < -0.4 is 4.72 Å². The minimum absolute atomic E-state index is 0.00398. The van der Waals surface area contributed by atoms with Crippen molar-refractivity contribution in [3.63, 3.8) is 0 Å². The molecule has 0 fully saturated rings. The molecule has 0 radical (unpaired) electrons. The van der Waals surface area contributed by atoms with Gasteiger partial charge >= 0.3 is 5.97 Å². The second kappa shape index (κ2) is 7.79. The summed E-state index contributed by atoms with van der Waals surface area (Å²) < 4.78 is 29.4. The third-order valence-electron chi connectivity index (χ3n) is 5.06. The van der Waals surface area contributed by atoms with Crippen LogP contribution in [0.25, 0.3) is 20.8 Å². The lowest BCUT2D eigenvalue weighted by atomic mass is 10.0. The topological polar surface area (TPSA) is 96.4 Å². The van der Waals surface area contributed by atoms with Crippen LogP contribution in [0.1, 0.15) is 27.0 Å². The quantitative estimate of drug-likeness (QED) is 0.423. The molecule has 0 unspecified atom stereocenters. The number of benzene rings is 3. The summed E-state index contributed by atoms with van der Waals surface area (Å²) in [6.45, 7) is 5.18. The first-order valence-electron chi connectivity index (χ1n) is 9.49. The Kier molecular flexibility index (Phi) is 5.28. The van der Waals surface area contributed by atoms with Crippen LogP contribution in [0.3, 0.4) is 0 Å². The van der Waals surface area contributed by atoms with Gasteiger partial charge in [-0.2, -0.15) is 0 Å². The minimum atomic E-state index is -3.95. The average Bonchev–Trinajstić information content (AvgIpc) is 3.11. The molecule has 4 rings (SSSR count). The van der Waals surface area contributed by atoms with Crippen molar-refractivity contribution in [1.29, 1.82) is 0 Å². The van der Waals surface area contributed by atoms with Gasteiger partial charge in [0.1, 0.15) is 5.01 Å². The highest BCUT2D eigenvalue weighted by Crippen LogP contribution is 2.32. The summed E-state index contributed by atoms with van der Waals surface area (Å²) in [4.78, 5) is 16.1. The second-order valence-electron chi connectivity index (χ2n) is 7.36. The number of aryl methyl sites for hydroxylation is 2. The zero-order chi connectivity index (χ0) is 22.3. The smallest absolute Gasteiger partial charge is 0.336 e. The Morgan fingerprint density at radius 1 is 1.00 bits per heavy atom. The molecule has 0 saturated heterocycles. The fraction of sp³-hybridized carbons (Fsp3) is 0.130. The van der Waals surface area contributed by atoms with Gasteiger partial charge in [0, 0.05) is 11.3 Å². The number of nitrogens with zero attached hydrogens (tertiary/aromatic N) is 1. The lowest BCUT2D eigenvalue weighted by Crippen LogP contribution is -2.16. The average molecular weight is 453 g/mol. The fourth-order valence-corrected chi connectivity index (χ4v) is 5.87. The van der Waals surface area contributed by atoms with Crippen molar-refractivity contribution in [3.8, 4) is 10.6 Å². The van der Waals surface area contributed by atoms with Crippen LogP contribution in [-0.2, 0) is 10.0 Å². The maximum atomic E-state index is 12.9. The number of anilines is 1. The molecule has 0 aliphatic heterocycles. The Hall–Kier alpha value is -3.23. The lowest BCUT2D eigenvalue weighted by molar-refractivity contribution is 0.0695. The van der Waals surface area contributed by atoms with Crippen molar-refractivity contribution >= 4 is 43.2 Å². The summed E-state index contributed by atoms with van der Waals surface area (Å²) in [7, 11) is -3.95. The van der Waals surface area contributed by atoms with Gasteiger partial charge in [0.2, 0.25) is 0 Å². The van der Waals surface area contributed by atoms with E-state index in [1.807, 2.05) is 31.2 Å². The predicted octanol–water partition coefficient (Wildman–Crippen LogP) is 5.39. The number of fused-ring (bicyclic) bond motifs is 1. The third kappa shape index (κ3) is 4.04. The highest BCUT2D eigenvalue weighted by atomic mass is 32.2. The van der Waals surface area contributed by atoms with Crippen molar-refractivity contribution in [3.05, 3.63) is 76.9 Å². The largest absolute Gasteiger partial charge is 0.478 e. The Morgan fingerprint density at radius 2 is 1.71 bits per heavy atom. The summed E-state index contributed by atoms with van der Waals surface area (Å²) in [5, 5.41) is 10.3. The highest BCUT2D eigenvalue weighted by Gasteiger charge is 2.22. The molecule has 3 aromatic carbocycles. The molecule has 1 heterocycles. The minimum Gasteiger partial charge on any atom is -0.478 e. The number of aromatic nitrogens is 1. The monoisotopic (exact) mass is 452 g/mol. The number of hydrogen-bond acceptors (Lipinski definition) is 5. The molecule has 0 amide bonds. The van der Waals surface area contributed by atoms with E-state index >= 15 is 0 Å². The molecule has 0 spiro atoms. The molecular formula is C23H20N2O4S2. The molecule has 1 aromatic heterocycles. The second-order valence-corrected chi connectivity index (χ2v) is 10.0. The van der Waals surface area contributed by atoms with Crippen molar-refractivity contribution in [2.24, 2.45) is 0 Å². The van der Waals surface area contributed by atoms with Gasteiger partial charge < -0.3 is 5.11 Å². The molecule has 0 bridgehead atoms. The Balaban J connectivity index is 1.63. The number of carboxylic acids is 1. The molecular weight excluding hydrogens is 432 g/mol. The van der Waals surface area contributed by atoms with Crippen LogP contribution in [0, 0.1) is 20.8 Å². The summed E-state index contributed by atoms with van der Waals surface area (Å²) in [6.07, 6.45) is 0. The van der Waals surface area contributed by atoms with E-state index in [1.54, 1.807) is 30.4 Å². The van der Waals surface area contributed by atoms with Crippen molar-refractivity contribution in [2.75, 3.05) is 4.72 Å². The molecule has 0 aliphatic carbocycles. The van der Waals surface area contributed by atoms with Crippen molar-refractivity contribution < 1.29 is 18.3 Å². The van der Waals surface area contributed by atoms with Gasteiger partial charge in [-0.1, -0.05) is 12.1 Å². The van der Waals surface area contributed by atoms with Gasteiger partial charge in [-0.15, -0.1) is 11.3 Å². The maximum Gasteiger partial charge on any atom is 0.336 e. The Bertz CT molecular complexity index is 1420. The van der Waals surface area contributed by atoms with E-state index in [2.05, 4.69) is 15.8 Å². The standard InChI is InChI=1S/C23H20N2O4S2/c1-13-4-10-18-19(12-13)30-22(24-18)16-6-8-17(9-7-16)25-31(28,29)20-11-5-14(2)21(15(20)3)23(26)27/h4-12,25H,1-3H3,(H,26,27). The van der Waals surface area contributed by atoms with Crippen LogP contribution in [0.2, 0.25) is 0 Å². The molecule has 6 nitrogen and oxygen atoms in total. The summed E-state index contributed by atoms with van der Waals surface area (Å²) in [5.74, 6) is -1.15. The van der Waals surface area contributed by atoms with Crippen molar-refractivity contribution in [2.45, 2.75) is 25.7 Å². The normalized spacial score (nSPS) is 11.6. The SMILES string of the molecule is Cc1ccc2nc(-c3ccc(NS(=O)(=O)c4ccc(C)c(C(=O)O)c4C)cc3)sc2c1. The molecule has 31 heavy (non-hydrogen) atoms. The Labute approximate surface area is 184 Å². The van der Waals surface area contributed by atoms with Crippen LogP contribution >= 0.6 is 11.3 Å². The van der Waals surface area contributed by atoms with Gasteiger partial charge in [-0.05, 0) is 79.9 Å². The van der Waals surface area contributed by atoms with E-state index in [-0.39, 0.29) is 16.0 Å². The number of aromatic carboxylic acids is 1. The number of thiazole rings is 1. The van der Waals surface area contributed by atoms with Gasteiger partial charge in [0.05, 0.1) is 20.7 Å². The lowest BCUT2D eigenvalue weighted by Gasteiger charge is -2.13. The van der Waals surface area contributed by atoms with E-state index in [0.29, 0.717) is 11.3 Å². The number of nitrogens with one attached hydrogen (secondary N) is 1. The molecule has 0 aliphatic rings.